The Morgan fingerprint density at radius 1 is 1.21 bits per heavy atom. The fourth-order valence-corrected chi connectivity index (χ4v) is 3.07. The molecule has 0 aliphatic rings. The van der Waals surface area contributed by atoms with Gasteiger partial charge in [0.15, 0.2) is 5.82 Å². The monoisotopic (exact) mass is 344 g/mol. The molecule has 7 heteroatoms. The molecular weight excluding hydrogens is 323 g/mol. The molecule has 0 aromatic carbocycles. The quantitative estimate of drug-likeness (QED) is 0.386. The second kappa shape index (κ2) is 6.78. The van der Waals surface area contributed by atoms with Gasteiger partial charge < -0.3 is 9.30 Å². The first kappa shape index (κ1) is 16.7. The molecular formula is C17H21FN4OSi. The van der Waals surface area contributed by atoms with Gasteiger partial charge in [-0.1, -0.05) is 19.6 Å². The molecule has 24 heavy (non-hydrogen) atoms. The highest BCUT2D eigenvalue weighted by Gasteiger charge is 2.13. The zero-order chi connectivity index (χ0) is 17.2. The van der Waals surface area contributed by atoms with E-state index in [1.54, 1.807) is 18.3 Å². The van der Waals surface area contributed by atoms with Gasteiger partial charge in [-0.25, -0.2) is 15.0 Å². The predicted molar refractivity (Wildman–Crippen MR) is 94.8 cm³/mol. The summed E-state index contributed by atoms with van der Waals surface area (Å²) in [4.78, 5) is 12.4. The van der Waals surface area contributed by atoms with Gasteiger partial charge in [0, 0.05) is 27.1 Å². The van der Waals surface area contributed by atoms with Gasteiger partial charge in [0.05, 0.1) is 22.8 Å². The maximum atomic E-state index is 13.8. The molecule has 3 aromatic heterocycles. The van der Waals surface area contributed by atoms with E-state index in [4.69, 9.17) is 4.74 Å². The third-order valence-electron chi connectivity index (χ3n) is 3.75. The van der Waals surface area contributed by atoms with Crippen molar-refractivity contribution in [2.45, 2.75) is 32.4 Å². The van der Waals surface area contributed by atoms with Gasteiger partial charge in [-0.05, 0) is 24.2 Å². The van der Waals surface area contributed by atoms with Crippen LogP contribution < -0.4 is 0 Å². The molecule has 3 rings (SSSR count). The summed E-state index contributed by atoms with van der Waals surface area (Å²) in [7, 11) is -1.08. The normalized spacial score (nSPS) is 12.0. The molecule has 5 nitrogen and oxygen atoms in total. The Morgan fingerprint density at radius 2 is 2.04 bits per heavy atom. The smallest absolute Gasteiger partial charge is 0.223 e. The predicted octanol–water partition coefficient (Wildman–Crippen LogP) is 3.94. The van der Waals surface area contributed by atoms with E-state index in [0.717, 1.165) is 23.7 Å². The number of hydrogen-bond donors (Lipinski definition) is 0. The number of nitrogens with zero attached hydrogens (tertiary/aromatic N) is 4. The molecule has 3 aromatic rings. The van der Waals surface area contributed by atoms with Crippen LogP contribution in [-0.2, 0) is 11.5 Å². The summed E-state index contributed by atoms with van der Waals surface area (Å²) in [5.41, 5.74) is 1.94. The largest absolute Gasteiger partial charge is 0.361 e. The van der Waals surface area contributed by atoms with Crippen LogP contribution in [0.4, 0.5) is 4.39 Å². The molecule has 0 unspecified atom stereocenters. The fraction of sp³-hybridized carbons (Fsp3) is 0.353. The third-order valence-corrected chi connectivity index (χ3v) is 5.45. The molecule has 0 atom stereocenters. The van der Waals surface area contributed by atoms with E-state index in [0.29, 0.717) is 18.1 Å². The Bertz CT molecular complexity index is 844. The van der Waals surface area contributed by atoms with Gasteiger partial charge in [0.2, 0.25) is 5.95 Å². The summed E-state index contributed by atoms with van der Waals surface area (Å²) in [5, 5.41) is 0. The van der Waals surface area contributed by atoms with Crippen LogP contribution in [0.3, 0.4) is 0 Å². The van der Waals surface area contributed by atoms with Crippen molar-refractivity contribution < 1.29 is 9.13 Å². The van der Waals surface area contributed by atoms with Gasteiger partial charge in [0.1, 0.15) is 6.73 Å². The van der Waals surface area contributed by atoms with Crippen molar-refractivity contribution in [2.24, 2.45) is 0 Å². The Labute approximate surface area is 141 Å². The molecule has 0 bridgehead atoms. The molecule has 0 spiro atoms. The molecule has 3 heterocycles. The van der Waals surface area contributed by atoms with E-state index in [9.17, 15) is 4.39 Å². The standard InChI is InChI=1S/C17H21FN4OSi/c1-24(2,3)10-9-23-12-22-8-6-14-15(22)11-20-17(21-14)13-5-4-7-19-16(13)18/h4-8,11H,9-10,12H2,1-3H3. The second-order valence-electron chi connectivity index (χ2n) is 6.94. The molecule has 0 N–H and O–H groups in total. The summed E-state index contributed by atoms with van der Waals surface area (Å²) < 4.78 is 21.5. The highest BCUT2D eigenvalue weighted by Crippen LogP contribution is 2.20. The van der Waals surface area contributed by atoms with Gasteiger partial charge in [-0.3, -0.25) is 0 Å². The van der Waals surface area contributed by atoms with Crippen molar-refractivity contribution in [1.82, 2.24) is 19.5 Å². The fourth-order valence-electron chi connectivity index (χ4n) is 2.31. The second-order valence-corrected chi connectivity index (χ2v) is 12.6. The zero-order valence-corrected chi connectivity index (χ0v) is 15.2. The van der Waals surface area contributed by atoms with Crippen molar-refractivity contribution in [2.75, 3.05) is 6.61 Å². The summed E-state index contributed by atoms with van der Waals surface area (Å²) in [6, 6.07) is 6.31. The van der Waals surface area contributed by atoms with E-state index in [1.165, 1.54) is 6.20 Å². The van der Waals surface area contributed by atoms with E-state index < -0.39 is 14.0 Å². The summed E-state index contributed by atoms with van der Waals surface area (Å²) >= 11 is 0. The molecule has 0 fully saturated rings. The average Bonchev–Trinajstić information content (AvgIpc) is 2.93. The Hall–Kier alpha value is -2.12. The molecule has 0 radical (unpaired) electrons. The maximum Gasteiger partial charge on any atom is 0.223 e. The lowest BCUT2D eigenvalue weighted by Crippen LogP contribution is -2.21. The van der Waals surface area contributed by atoms with Crippen molar-refractivity contribution in [3.8, 4) is 11.4 Å². The SMILES string of the molecule is C[Si](C)(C)CCOCn1ccc2nc(-c3cccnc3F)ncc21. The minimum absolute atomic E-state index is 0.304. The minimum Gasteiger partial charge on any atom is -0.361 e. The van der Waals surface area contributed by atoms with Crippen LogP contribution in [0.2, 0.25) is 25.7 Å². The third kappa shape index (κ3) is 3.85. The number of rotatable bonds is 6. The van der Waals surface area contributed by atoms with E-state index >= 15 is 0 Å². The van der Waals surface area contributed by atoms with Gasteiger partial charge in [0.25, 0.3) is 0 Å². The average molecular weight is 344 g/mol. The maximum absolute atomic E-state index is 13.8. The van der Waals surface area contributed by atoms with Crippen molar-refractivity contribution in [3.05, 3.63) is 42.7 Å². The summed E-state index contributed by atoms with van der Waals surface area (Å²) in [6.45, 7) is 8.21. The van der Waals surface area contributed by atoms with Crippen LogP contribution in [0, 0.1) is 5.95 Å². The minimum atomic E-state index is -1.08. The van der Waals surface area contributed by atoms with Crippen LogP contribution in [0.5, 0.6) is 0 Å². The van der Waals surface area contributed by atoms with Crippen LogP contribution in [0.1, 0.15) is 0 Å². The zero-order valence-electron chi connectivity index (χ0n) is 14.2. The van der Waals surface area contributed by atoms with Gasteiger partial charge >= 0.3 is 0 Å². The van der Waals surface area contributed by atoms with Crippen molar-refractivity contribution >= 4 is 19.1 Å². The van der Waals surface area contributed by atoms with E-state index in [2.05, 4.69) is 34.6 Å². The van der Waals surface area contributed by atoms with Crippen LogP contribution >= 0.6 is 0 Å². The molecule has 0 saturated heterocycles. The Morgan fingerprint density at radius 3 is 2.79 bits per heavy atom. The lowest BCUT2D eigenvalue weighted by Gasteiger charge is -2.15. The number of aromatic nitrogens is 4. The molecule has 126 valence electrons. The topological polar surface area (TPSA) is 52.8 Å². The molecule has 0 amide bonds. The lowest BCUT2D eigenvalue weighted by atomic mass is 10.2. The number of fused-ring (bicyclic) bond motifs is 1. The van der Waals surface area contributed by atoms with E-state index in [-0.39, 0.29) is 0 Å². The van der Waals surface area contributed by atoms with Crippen LogP contribution in [0.15, 0.2) is 36.8 Å². The number of halogens is 1. The first-order valence-electron chi connectivity index (χ1n) is 7.94. The van der Waals surface area contributed by atoms with Crippen LogP contribution in [-0.4, -0.2) is 34.2 Å². The van der Waals surface area contributed by atoms with Crippen LogP contribution in [0.25, 0.3) is 22.4 Å². The Kier molecular flexibility index (Phi) is 4.73. The number of pyridine rings is 1. The van der Waals surface area contributed by atoms with Crippen molar-refractivity contribution in [1.29, 1.82) is 0 Å². The first-order valence-corrected chi connectivity index (χ1v) is 11.7. The van der Waals surface area contributed by atoms with E-state index in [1.807, 2.05) is 16.8 Å². The highest BCUT2D eigenvalue weighted by atomic mass is 28.3. The lowest BCUT2D eigenvalue weighted by molar-refractivity contribution is 0.0902. The summed E-state index contributed by atoms with van der Waals surface area (Å²) in [5.74, 6) is -0.225. The molecule has 0 aliphatic carbocycles. The van der Waals surface area contributed by atoms with Gasteiger partial charge in [-0.15, -0.1) is 0 Å². The Balaban J connectivity index is 1.76. The number of ether oxygens (including phenoxy) is 1. The number of hydrogen-bond acceptors (Lipinski definition) is 4. The summed E-state index contributed by atoms with van der Waals surface area (Å²) in [6.07, 6.45) is 5.02. The molecule has 0 aliphatic heterocycles. The van der Waals surface area contributed by atoms with Crippen molar-refractivity contribution in [3.63, 3.8) is 0 Å². The van der Waals surface area contributed by atoms with Gasteiger partial charge in [-0.2, -0.15) is 4.39 Å². The highest BCUT2D eigenvalue weighted by molar-refractivity contribution is 6.76. The molecule has 0 saturated carbocycles. The first-order chi connectivity index (χ1) is 11.4.